The van der Waals surface area contributed by atoms with Crippen LogP contribution in [-0.2, 0) is 16.0 Å². The van der Waals surface area contributed by atoms with Gasteiger partial charge in [-0.05, 0) is 47.8 Å². The average molecular weight is 397 g/mol. The van der Waals surface area contributed by atoms with Crippen LogP contribution in [0.2, 0.25) is 0 Å². The van der Waals surface area contributed by atoms with E-state index in [1.165, 1.54) is 16.7 Å². The Bertz CT molecular complexity index is 712. The van der Waals surface area contributed by atoms with Crippen molar-refractivity contribution in [2.24, 2.45) is 0 Å². The van der Waals surface area contributed by atoms with E-state index in [9.17, 15) is 9.59 Å². The topological polar surface area (TPSA) is 84.9 Å². The Morgan fingerprint density at radius 1 is 1.04 bits per heavy atom. The monoisotopic (exact) mass is 396 g/mol. The van der Waals surface area contributed by atoms with E-state index < -0.39 is 23.4 Å². The van der Waals surface area contributed by atoms with Gasteiger partial charge >= 0.3 is 12.2 Å². The van der Waals surface area contributed by atoms with Gasteiger partial charge in [0.25, 0.3) is 0 Å². The van der Waals surface area contributed by atoms with Crippen LogP contribution in [-0.4, -0.2) is 57.6 Å². The summed E-state index contributed by atoms with van der Waals surface area (Å²) in [5.41, 5.74) is -0.0987. The molecule has 0 atom stereocenters. The third-order valence-electron chi connectivity index (χ3n) is 3.50. The van der Waals surface area contributed by atoms with E-state index in [1.807, 2.05) is 47.8 Å². The normalized spacial score (nSPS) is 15.1. The first kappa shape index (κ1) is 21.3. The molecule has 1 aromatic rings. The number of ether oxygens (including phenoxy) is 2. The number of nitrogens with zero attached hydrogens (tertiary/aromatic N) is 4. The minimum absolute atomic E-state index is 0.236. The first-order chi connectivity index (χ1) is 12.4. The molecule has 8 nitrogen and oxygen atoms in total. The molecule has 1 aliphatic heterocycles. The Morgan fingerprint density at radius 3 is 2.19 bits per heavy atom. The highest BCUT2D eigenvalue weighted by Crippen LogP contribution is 2.27. The maximum absolute atomic E-state index is 12.7. The highest BCUT2D eigenvalue weighted by atomic mass is 32.2. The molecule has 150 valence electrons. The average Bonchev–Trinajstić information content (AvgIpc) is 2.70. The summed E-state index contributed by atoms with van der Waals surface area (Å²) < 4.78 is 11.0. The molecule has 1 aromatic heterocycles. The zero-order valence-corrected chi connectivity index (χ0v) is 17.8. The number of thioether (sulfide) groups is 1. The van der Waals surface area contributed by atoms with Gasteiger partial charge in [0, 0.05) is 13.1 Å². The minimum atomic E-state index is -0.630. The van der Waals surface area contributed by atoms with Crippen LogP contribution in [0.15, 0.2) is 11.4 Å². The van der Waals surface area contributed by atoms with E-state index in [0.717, 1.165) is 0 Å². The lowest BCUT2D eigenvalue weighted by molar-refractivity contribution is 0.0236. The third-order valence-corrected chi connectivity index (χ3v) is 4.06. The molecule has 0 bridgehead atoms. The summed E-state index contributed by atoms with van der Waals surface area (Å²) in [7, 11) is 0. The summed E-state index contributed by atoms with van der Waals surface area (Å²) >= 11 is 1.40. The van der Waals surface area contributed by atoms with Crippen molar-refractivity contribution in [2.45, 2.75) is 64.4 Å². The lowest BCUT2D eigenvalue weighted by atomic mass is 10.2. The van der Waals surface area contributed by atoms with Crippen molar-refractivity contribution in [3.8, 4) is 0 Å². The van der Waals surface area contributed by atoms with Crippen molar-refractivity contribution in [3.05, 3.63) is 11.9 Å². The maximum Gasteiger partial charge on any atom is 0.414 e. The number of amides is 2. The second-order valence-electron chi connectivity index (χ2n) is 8.22. The quantitative estimate of drug-likeness (QED) is 0.528. The predicted octanol–water partition coefficient (Wildman–Crippen LogP) is 3.69. The fraction of sp³-hybridized carbons (Fsp3) is 0.667. The summed E-state index contributed by atoms with van der Waals surface area (Å²) in [6.07, 6.45) is 2.55. The van der Waals surface area contributed by atoms with Crippen molar-refractivity contribution in [1.29, 1.82) is 0 Å². The van der Waals surface area contributed by atoms with Crippen LogP contribution >= 0.6 is 11.8 Å². The van der Waals surface area contributed by atoms with Gasteiger partial charge in [-0.1, -0.05) is 11.8 Å². The SMILES string of the molecule is CSc1ncc2c(n1)CN(C(=O)OC(C)(C)C)CCN2C(=O)OC(C)(C)C. The summed E-state index contributed by atoms with van der Waals surface area (Å²) in [6, 6.07) is 0. The van der Waals surface area contributed by atoms with E-state index in [2.05, 4.69) is 9.97 Å². The van der Waals surface area contributed by atoms with Crippen LogP contribution in [0.4, 0.5) is 15.3 Å². The van der Waals surface area contributed by atoms with Crippen molar-refractivity contribution >= 4 is 29.6 Å². The van der Waals surface area contributed by atoms with Crippen molar-refractivity contribution in [2.75, 3.05) is 24.2 Å². The molecule has 1 aliphatic rings. The van der Waals surface area contributed by atoms with Crippen LogP contribution in [0.1, 0.15) is 47.2 Å². The molecular weight excluding hydrogens is 368 g/mol. The molecule has 0 N–H and O–H groups in total. The Balaban J connectivity index is 2.35. The highest BCUT2D eigenvalue weighted by molar-refractivity contribution is 7.98. The molecule has 9 heteroatoms. The Labute approximate surface area is 164 Å². The number of hydrogen-bond donors (Lipinski definition) is 0. The zero-order valence-electron chi connectivity index (χ0n) is 17.0. The second-order valence-corrected chi connectivity index (χ2v) is 9.00. The fourth-order valence-electron chi connectivity index (χ4n) is 2.42. The van der Waals surface area contributed by atoms with Gasteiger partial charge in [-0.3, -0.25) is 4.90 Å². The lowest BCUT2D eigenvalue weighted by Gasteiger charge is -2.27. The summed E-state index contributed by atoms with van der Waals surface area (Å²) in [6.45, 7) is 11.7. The van der Waals surface area contributed by atoms with Crippen LogP contribution < -0.4 is 4.90 Å². The highest BCUT2D eigenvalue weighted by Gasteiger charge is 2.32. The van der Waals surface area contributed by atoms with E-state index >= 15 is 0 Å². The zero-order chi connectivity index (χ0) is 20.4. The van der Waals surface area contributed by atoms with Gasteiger partial charge in [-0.15, -0.1) is 0 Å². The van der Waals surface area contributed by atoms with Gasteiger partial charge in [-0.25, -0.2) is 19.6 Å². The number of hydrogen-bond acceptors (Lipinski definition) is 7. The molecule has 2 amide bonds. The maximum atomic E-state index is 12.7. The number of anilines is 1. The summed E-state index contributed by atoms with van der Waals surface area (Å²) in [4.78, 5) is 37.1. The molecule has 0 saturated heterocycles. The Morgan fingerprint density at radius 2 is 1.63 bits per heavy atom. The smallest absolute Gasteiger partial charge is 0.414 e. The standard InChI is InChI=1S/C18H28N4O4S/c1-17(2,3)25-15(23)21-8-9-22(16(24)26-18(4,5)6)13-10-19-14(27-7)20-12(13)11-21/h10H,8-9,11H2,1-7H3. The molecule has 0 spiro atoms. The van der Waals surface area contributed by atoms with Gasteiger partial charge < -0.3 is 14.4 Å². The van der Waals surface area contributed by atoms with Gasteiger partial charge in [0.1, 0.15) is 11.2 Å². The predicted molar refractivity (Wildman–Crippen MR) is 104 cm³/mol. The van der Waals surface area contributed by atoms with Crippen molar-refractivity contribution < 1.29 is 19.1 Å². The number of aromatic nitrogens is 2. The first-order valence-corrected chi connectivity index (χ1v) is 10.0. The lowest BCUT2D eigenvalue weighted by Crippen LogP contribution is -2.42. The summed E-state index contributed by atoms with van der Waals surface area (Å²) in [5, 5.41) is 0.573. The van der Waals surface area contributed by atoms with Gasteiger partial charge in [-0.2, -0.15) is 0 Å². The molecule has 0 radical (unpaired) electrons. The van der Waals surface area contributed by atoms with Crippen LogP contribution in [0.5, 0.6) is 0 Å². The van der Waals surface area contributed by atoms with E-state index in [-0.39, 0.29) is 13.1 Å². The molecule has 27 heavy (non-hydrogen) atoms. The van der Waals surface area contributed by atoms with E-state index in [0.29, 0.717) is 23.1 Å². The second kappa shape index (κ2) is 7.92. The Hall–Kier alpha value is -2.03. The first-order valence-electron chi connectivity index (χ1n) is 8.78. The number of fused-ring (bicyclic) bond motifs is 1. The van der Waals surface area contributed by atoms with Crippen molar-refractivity contribution in [1.82, 2.24) is 14.9 Å². The van der Waals surface area contributed by atoms with Crippen molar-refractivity contribution in [3.63, 3.8) is 0 Å². The van der Waals surface area contributed by atoms with Crippen LogP contribution in [0.25, 0.3) is 0 Å². The van der Waals surface area contributed by atoms with E-state index in [1.54, 1.807) is 11.1 Å². The van der Waals surface area contributed by atoms with Crippen LogP contribution in [0, 0.1) is 0 Å². The molecule has 0 unspecified atom stereocenters. The largest absolute Gasteiger partial charge is 0.444 e. The molecule has 0 aromatic carbocycles. The molecule has 2 heterocycles. The van der Waals surface area contributed by atoms with Gasteiger partial charge in [0.2, 0.25) is 0 Å². The molecule has 0 saturated carbocycles. The number of carbonyl (C=O) groups is 2. The van der Waals surface area contributed by atoms with E-state index in [4.69, 9.17) is 9.47 Å². The molecule has 2 rings (SSSR count). The molecular formula is C18H28N4O4S. The van der Waals surface area contributed by atoms with Gasteiger partial charge in [0.15, 0.2) is 5.16 Å². The van der Waals surface area contributed by atoms with Gasteiger partial charge in [0.05, 0.1) is 24.1 Å². The minimum Gasteiger partial charge on any atom is -0.444 e. The number of rotatable bonds is 1. The summed E-state index contributed by atoms with van der Waals surface area (Å²) in [5.74, 6) is 0. The number of carbonyl (C=O) groups excluding carboxylic acids is 2. The Kier molecular flexibility index (Phi) is 6.24. The third kappa shape index (κ3) is 5.98. The molecule has 0 aliphatic carbocycles. The van der Waals surface area contributed by atoms with Crippen LogP contribution in [0.3, 0.4) is 0 Å². The molecule has 0 fully saturated rings. The fourth-order valence-corrected chi connectivity index (χ4v) is 2.78.